The van der Waals surface area contributed by atoms with Gasteiger partial charge in [-0.15, -0.1) is 12.4 Å². The predicted octanol–water partition coefficient (Wildman–Crippen LogP) is 2.74. The quantitative estimate of drug-likeness (QED) is 0.715. The van der Waals surface area contributed by atoms with E-state index in [1.807, 2.05) is 0 Å². The smallest absolute Gasteiger partial charge is 0.280 e. The molecule has 11 heteroatoms. The maximum atomic E-state index is 12.6. The number of sulfonamides is 1. The maximum absolute atomic E-state index is 12.6. The number of thioether (sulfide) groups is 1. The summed E-state index contributed by atoms with van der Waals surface area (Å²) in [5.74, 6) is 0.795. The van der Waals surface area contributed by atoms with Gasteiger partial charge in [0, 0.05) is 23.4 Å². The summed E-state index contributed by atoms with van der Waals surface area (Å²) in [4.78, 5) is 4.10. The molecule has 2 aromatic heterocycles. The molecule has 0 aliphatic carbocycles. The Labute approximate surface area is 147 Å². The van der Waals surface area contributed by atoms with Crippen molar-refractivity contribution in [1.29, 1.82) is 0 Å². The molecule has 2 N–H and O–H groups in total. The molecule has 0 saturated carbocycles. The van der Waals surface area contributed by atoms with Gasteiger partial charge in [0.25, 0.3) is 10.0 Å². The molecule has 0 saturated heterocycles. The van der Waals surface area contributed by atoms with Gasteiger partial charge < -0.3 is 4.57 Å². The summed E-state index contributed by atoms with van der Waals surface area (Å²) in [7, 11) is -3.80. The van der Waals surface area contributed by atoms with Gasteiger partial charge in [-0.1, -0.05) is 23.4 Å². The first-order chi connectivity index (χ1) is 10.5. The van der Waals surface area contributed by atoms with Crippen LogP contribution in [-0.2, 0) is 16.6 Å². The van der Waals surface area contributed by atoms with Crippen molar-refractivity contribution in [2.24, 2.45) is 0 Å². The first kappa shape index (κ1) is 16.4. The van der Waals surface area contributed by atoms with E-state index >= 15 is 0 Å². The highest BCUT2D eigenvalue weighted by Gasteiger charge is 2.30. The van der Waals surface area contributed by atoms with Gasteiger partial charge in [-0.2, -0.15) is 13.5 Å². The highest BCUT2D eigenvalue weighted by molar-refractivity contribution is 7.99. The molecule has 7 nitrogen and oxygen atoms in total. The second-order valence-corrected chi connectivity index (χ2v) is 7.79. The van der Waals surface area contributed by atoms with E-state index in [0.29, 0.717) is 17.4 Å². The van der Waals surface area contributed by atoms with Crippen molar-refractivity contribution in [3.63, 3.8) is 0 Å². The maximum Gasteiger partial charge on any atom is 0.280 e. The van der Waals surface area contributed by atoms with Crippen LogP contribution in [0.2, 0.25) is 5.15 Å². The Morgan fingerprint density at radius 1 is 1.39 bits per heavy atom. The topological polar surface area (TPSA) is 92.7 Å². The molecule has 122 valence electrons. The second-order valence-electron chi connectivity index (χ2n) is 4.77. The van der Waals surface area contributed by atoms with Crippen molar-refractivity contribution in [3.8, 4) is 0 Å². The van der Waals surface area contributed by atoms with Crippen molar-refractivity contribution in [2.75, 3.05) is 10.5 Å². The number of aromatic amines is 1. The third-order valence-corrected chi connectivity index (χ3v) is 6.10. The number of imidazole rings is 1. The van der Waals surface area contributed by atoms with Crippen LogP contribution in [0.1, 0.15) is 0 Å². The Kier molecular flexibility index (Phi) is 4.21. The first-order valence-corrected chi connectivity index (χ1v) is 9.24. The number of hydrogen-bond acceptors (Lipinski definition) is 5. The normalized spacial score (nSPS) is 13.8. The third-order valence-electron chi connectivity index (χ3n) is 3.34. The zero-order valence-electron chi connectivity index (χ0n) is 11.5. The minimum atomic E-state index is -3.80. The summed E-state index contributed by atoms with van der Waals surface area (Å²) in [6, 6.07) is 5.14. The Hall–Kier alpha value is -1.42. The highest BCUT2D eigenvalue weighted by atomic mass is 35.5. The largest absolute Gasteiger partial charge is 0.306 e. The van der Waals surface area contributed by atoms with Crippen molar-refractivity contribution in [3.05, 3.63) is 29.5 Å². The summed E-state index contributed by atoms with van der Waals surface area (Å²) >= 11 is 7.50. The lowest BCUT2D eigenvalue weighted by molar-refractivity contribution is 0.577. The first-order valence-electron chi connectivity index (χ1n) is 6.39. The molecule has 0 unspecified atom stereocenters. The fourth-order valence-electron chi connectivity index (χ4n) is 2.39. The van der Waals surface area contributed by atoms with Crippen LogP contribution < -0.4 is 4.72 Å². The molecule has 0 radical (unpaired) electrons. The zero-order chi connectivity index (χ0) is 15.3. The van der Waals surface area contributed by atoms with Gasteiger partial charge in [-0.25, -0.2) is 4.98 Å². The fourth-order valence-corrected chi connectivity index (χ4v) is 5.21. The SMILES string of the molecule is Cl.O=S(=O)(Nc1ccc2[nH]ncc2c1)c1c(Cl)nc2n1CCS2. The number of halogens is 2. The second kappa shape index (κ2) is 5.90. The lowest BCUT2D eigenvalue weighted by atomic mass is 10.2. The van der Waals surface area contributed by atoms with Gasteiger partial charge in [0.05, 0.1) is 11.7 Å². The molecule has 3 aromatic rings. The van der Waals surface area contributed by atoms with E-state index in [9.17, 15) is 8.42 Å². The molecule has 3 heterocycles. The van der Waals surface area contributed by atoms with E-state index in [0.717, 1.165) is 16.7 Å². The number of nitrogens with one attached hydrogen (secondary N) is 2. The Morgan fingerprint density at radius 2 is 2.22 bits per heavy atom. The fraction of sp³-hybridized carbons (Fsp3) is 0.167. The average Bonchev–Trinajstić information content (AvgIpc) is 3.11. The number of rotatable bonds is 3. The minimum Gasteiger partial charge on any atom is -0.306 e. The zero-order valence-corrected chi connectivity index (χ0v) is 14.7. The van der Waals surface area contributed by atoms with Crippen molar-refractivity contribution < 1.29 is 8.42 Å². The predicted molar refractivity (Wildman–Crippen MR) is 92.1 cm³/mol. The lowest BCUT2D eigenvalue weighted by Crippen LogP contribution is -2.17. The molecule has 23 heavy (non-hydrogen) atoms. The van der Waals surface area contributed by atoms with Gasteiger partial charge in [-0.05, 0) is 18.2 Å². The standard InChI is InChI=1S/C12H10ClN5O2S2.ClH/c13-10-11(18-3-4-21-12(18)15-10)22(19,20)17-8-1-2-9-7(5-8)6-14-16-9;/h1-2,5-6,17H,3-4H2,(H,14,16);1H. The third kappa shape index (κ3) is 2.78. The van der Waals surface area contributed by atoms with Gasteiger partial charge in [0.2, 0.25) is 0 Å². The van der Waals surface area contributed by atoms with Gasteiger partial charge in [-0.3, -0.25) is 9.82 Å². The van der Waals surface area contributed by atoms with E-state index in [1.54, 1.807) is 29.0 Å². The van der Waals surface area contributed by atoms with Crippen LogP contribution in [0.3, 0.4) is 0 Å². The molecule has 1 aliphatic rings. The van der Waals surface area contributed by atoms with Crippen LogP contribution in [0.4, 0.5) is 5.69 Å². The molecular formula is C12H11Cl2N5O2S2. The number of anilines is 1. The van der Waals surface area contributed by atoms with E-state index in [2.05, 4.69) is 19.9 Å². The monoisotopic (exact) mass is 391 g/mol. The summed E-state index contributed by atoms with van der Waals surface area (Å²) < 4.78 is 29.4. The molecule has 0 fully saturated rings. The molecule has 0 amide bonds. The Bertz CT molecular complexity index is 983. The number of nitrogens with zero attached hydrogens (tertiary/aromatic N) is 3. The van der Waals surface area contributed by atoms with Crippen LogP contribution in [0.15, 0.2) is 34.6 Å². The molecule has 0 spiro atoms. The molecule has 1 aromatic carbocycles. The van der Waals surface area contributed by atoms with E-state index in [-0.39, 0.29) is 22.6 Å². The van der Waals surface area contributed by atoms with Crippen molar-refractivity contribution >= 4 is 62.4 Å². The number of fused-ring (bicyclic) bond motifs is 2. The summed E-state index contributed by atoms with van der Waals surface area (Å²) in [6.07, 6.45) is 1.63. The van der Waals surface area contributed by atoms with E-state index in [4.69, 9.17) is 11.6 Å². The lowest BCUT2D eigenvalue weighted by Gasteiger charge is -2.09. The Morgan fingerprint density at radius 3 is 3.04 bits per heavy atom. The summed E-state index contributed by atoms with van der Waals surface area (Å²) in [5.41, 5.74) is 1.29. The van der Waals surface area contributed by atoms with Crippen molar-refractivity contribution in [2.45, 2.75) is 16.7 Å². The Balaban J connectivity index is 0.00000156. The molecule has 1 aliphatic heterocycles. The highest BCUT2D eigenvalue weighted by Crippen LogP contribution is 2.34. The van der Waals surface area contributed by atoms with Gasteiger partial charge in [0.1, 0.15) is 0 Å². The van der Waals surface area contributed by atoms with E-state index in [1.165, 1.54) is 11.8 Å². The summed E-state index contributed by atoms with van der Waals surface area (Å²) in [5, 5.41) is 8.19. The molecular weight excluding hydrogens is 381 g/mol. The number of benzene rings is 1. The molecule has 0 bridgehead atoms. The number of H-pyrrole nitrogens is 1. The van der Waals surface area contributed by atoms with E-state index < -0.39 is 10.0 Å². The van der Waals surface area contributed by atoms with Crippen molar-refractivity contribution in [1.82, 2.24) is 19.7 Å². The van der Waals surface area contributed by atoms with Crippen LogP contribution >= 0.6 is 35.8 Å². The van der Waals surface area contributed by atoms with Crippen LogP contribution in [-0.4, -0.2) is 33.9 Å². The minimum absolute atomic E-state index is 0. The number of aromatic nitrogens is 4. The van der Waals surface area contributed by atoms with Crippen LogP contribution in [0.5, 0.6) is 0 Å². The summed E-state index contributed by atoms with van der Waals surface area (Å²) in [6.45, 7) is 0.580. The van der Waals surface area contributed by atoms with Crippen LogP contribution in [0, 0.1) is 0 Å². The van der Waals surface area contributed by atoms with Gasteiger partial charge in [0.15, 0.2) is 15.3 Å². The van der Waals surface area contributed by atoms with Crippen LogP contribution in [0.25, 0.3) is 10.9 Å². The average molecular weight is 392 g/mol. The molecule has 0 atom stereocenters. The van der Waals surface area contributed by atoms with Gasteiger partial charge >= 0.3 is 0 Å². The molecule has 4 rings (SSSR count). The number of hydrogen-bond donors (Lipinski definition) is 2.